The third-order valence-electron chi connectivity index (χ3n) is 3.14. The van der Waals surface area contributed by atoms with E-state index < -0.39 is 0 Å². The number of nitrogen functional groups attached to an aromatic ring is 1. The van der Waals surface area contributed by atoms with E-state index in [4.69, 9.17) is 15.2 Å². The molecule has 0 amide bonds. The van der Waals surface area contributed by atoms with Crippen molar-refractivity contribution in [2.24, 2.45) is 0 Å². The summed E-state index contributed by atoms with van der Waals surface area (Å²) in [6.45, 7) is 4.26. The van der Waals surface area contributed by atoms with Crippen LogP contribution >= 0.6 is 0 Å². The van der Waals surface area contributed by atoms with E-state index in [1.165, 1.54) is 12.8 Å². The van der Waals surface area contributed by atoms with Crippen molar-refractivity contribution in [3.63, 3.8) is 0 Å². The molecule has 1 fully saturated rings. The minimum atomic E-state index is 0.544. The number of hydrogen-bond acceptors (Lipinski definition) is 5. The Morgan fingerprint density at radius 1 is 1.37 bits per heavy atom. The molecule has 2 rings (SSSR count). The quantitative estimate of drug-likeness (QED) is 0.779. The molecule has 0 bridgehead atoms. The van der Waals surface area contributed by atoms with Gasteiger partial charge in [0.15, 0.2) is 0 Å². The first kappa shape index (κ1) is 13.9. The fraction of sp³-hybridized carbons (Fsp3) is 0.643. The van der Waals surface area contributed by atoms with E-state index in [1.54, 1.807) is 7.11 Å². The van der Waals surface area contributed by atoms with Crippen molar-refractivity contribution >= 4 is 11.5 Å². The van der Waals surface area contributed by atoms with Crippen LogP contribution in [0.1, 0.15) is 26.2 Å². The van der Waals surface area contributed by atoms with Crippen LogP contribution in [0, 0.1) is 0 Å². The lowest BCUT2D eigenvalue weighted by molar-refractivity contribution is 0.204. The molecule has 0 radical (unpaired) electrons. The summed E-state index contributed by atoms with van der Waals surface area (Å²) in [5, 5.41) is 0. The summed E-state index contributed by atoms with van der Waals surface area (Å²) in [7, 11) is 1.72. The molecule has 0 unspecified atom stereocenters. The second-order valence-electron chi connectivity index (χ2n) is 4.83. The predicted octanol–water partition coefficient (Wildman–Crippen LogP) is 2.07. The van der Waals surface area contributed by atoms with Gasteiger partial charge in [-0.2, -0.15) is 4.98 Å². The predicted molar refractivity (Wildman–Crippen MR) is 76.7 cm³/mol. The molecule has 2 N–H and O–H groups in total. The number of nitrogens with two attached hydrogens (primary N) is 1. The normalized spacial score (nSPS) is 14.4. The van der Waals surface area contributed by atoms with Gasteiger partial charge in [0.1, 0.15) is 5.82 Å². The van der Waals surface area contributed by atoms with Gasteiger partial charge in [-0.1, -0.05) is 6.92 Å². The number of ether oxygens (including phenoxy) is 2. The van der Waals surface area contributed by atoms with Gasteiger partial charge in [0.05, 0.1) is 18.9 Å². The van der Waals surface area contributed by atoms with Gasteiger partial charge in [-0.25, -0.2) is 0 Å². The van der Waals surface area contributed by atoms with Crippen LogP contribution in [-0.2, 0) is 4.74 Å². The molecule has 0 atom stereocenters. The number of nitrogens with zero attached hydrogens (tertiary/aromatic N) is 2. The third-order valence-corrected chi connectivity index (χ3v) is 3.14. The molecular weight excluding hydrogens is 242 g/mol. The molecule has 1 aliphatic carbocycles. The van der Waals surface area contributed by atoms with Gasteiger partial charge in [-0.15, -0.1) is 0 Å². The number of hydrogen-bond donors (Lipinski definition) is 1. The lowest BCUT2D eigenvalue weighted by Gasteiger charge is -2.23. The van der Waals surface area contributed by atoms with Crippen LogP contribution in [0.15, 0.2) is 12.1 Å². The third kappa shape index (κ3) is 3.73. The van der Waals surface area contributed by atoms with Gasteiger partial charge in [0.25, 0.3) is 0 Å². The summed E-state index contributed by atoms with van der Waals surface area (Å²) >= 11 is 0. The Bertz CT molecular complexity index is 408. The topological polar surface area (TPSA) is 60.6 Å². The maximum atomic E-state index is 5.89. The zero-order valence-corrected chi connectivity index (χ0v) is 11.8. The second-order valence-corrected chi connectivity index (χ2v) is 4.83. The van der Waals surface area contributed by atoms with E-state index in [1.807, 2.05) is 12.1 Å². The lowest BCUT2D eigenvalue weighted by Crippen LogP contribution is -2.30. The number of anilines is 2. The Kier molecular flexibility index (Phi) is 4.85. The van der Waals surface area contributed by atoms with E-state index in [0.29, 0.717) is 30.8 Å². The van der Waals surface area contributed by atoms with E-state index in [9.17, 15) is 0 Å². The maximum absolute atomic E-state index is 5.89. The van der Waals surface area contributed by atoms with Crippen LogP contribution in [0.5, 0.6) is 5.88 Å². The van der Waals surface area contributed by atoms with Crippen LogP contribution in [0.2, 0.25) is 0 Å². The monoisotopic (exact) mass is 265 g/mol. The first-order valence-corrected chi connectivity index (χ1v) is 6.91. The highest BCUT2D eigenvalue weighted by atomic mass is 16.5. The summed E-state index contributed by atoms with van der Waals surface area (Å²) in [4.78, 5) is 6.83. The fourth-order valence-corrected chi connectivity index (χ4v) is 1.98. The molecule has 5 heteroatoms. The average Bonchev–Trinajstić information content (AvgIpc) is 3.24. The van der Waals surface area contributed by atoms with Crippen LogP contribution in [0.3, 0.4) is 0 Å². The van der Waals surface area contributed by atoms with Crippen LogP contribution in [0.4, 0.5) is 11.5 Å². The lowest BCUT2D eigenvalue weighted by atomic mass is 10.3. The summed E-state index contributed by atoms with van der Waals surface area (Å²) in [6.07, 6.45) is 3.39. The summed E-state index contributed by atoms with van der Waals surface area (Å²) in [5.41, 5.74) is 6.49. The molecule has 1 aromatic heterocycles. The van der Waals surface area contributed by atoms with Crippen molar-refractivity contribution in [2.75, 3.05) is 37.5 Å². The van der Waals surface area contributed by atoms with E-state index in [0.717, 1.165) is 18.8 Å². The van der Waals surface area contributed by atoms with E-state index >= 15 is 0 Å². The van der Waals surface area contributed by atoms with Crippen molar-refractivity contribution in [1.29, 1.82) is 0 Å². The molecule has 1 heterocycles. The van der Waals surface area contributed by atoms with Crippen molar-refractivity contribution in [1.82, 2.24) is 4.98 Å². The average molecular weight is 265 g/mol. The molecule has 0 aromatic carbocycles. The molecule has 106 valence electrons. The summed E-state index contributed by atoms with van der Waals surface area (Å²) < 4.78 is 10.8. The standard InChI is InChI=1S/C14H23N3O2/c1-3-9-19-14-12(15)6-7-13(16-14)17(8-10-18-2)11-4-5-11/h6-7,11H,3-5,8-10,15H2,1-2H3. The Labute approximate surface area is 114 Å². The zero-order chi connectivity index (χ0) is 13.7. The highest BCUT2D eigenvalue weighted by Crippen LogP contribution is 2.32. The van der Waals surface area contributed by atoms with Crippen LogP contribution in [0.25, 0.3) is 0 Å². The summed E-state index contributed by atoms with van der Waals surface area (Å²) in [6, 6.07) is 4.42. The minimum absolute atomic E-state index is 0.544. The number of methoxy groups -OCH3 is 1. The first-order chi connectivity index (χ1) is 9.26. The molecular formula is C14H23N3O2. The molecule has 5 nitrogen and oxygen atoms in total. The second kappa shape index (κ2) is 6.61. The molecule has 0 saturated heterocycles. The maximum Gasteiger partial charge on any atom is 0.239 e. The molecule has 1 aromatic rings. The van der Waals surface area contributed by atoms with Gasteiger partial charge in [0.2, 0.25) is 5.88 Å². The highest BCUT2D eigenvalue weighted by Gasteiger charge is 2.30. The first-order valence-electron chi connectivity index (χ1n) is 6.91. The highest BCUT2D eigenvalue weighted by molar-refractivity contribution is 5.55. The van der Waals surface area contributed by atoms with Crippen LogP contribution < -0.4 is 15.4 Å². The molecule has 0 aliphatic heterocycles. The Balaban J connectivity index is 2.12. The minimum Gasteiger partial charge on any atom is -0.476 e. The van der Waals surface area contributed by atoms with E-state index in [2.05, 4.69) is 16.8 Å². The van der Waals surface area contributed by atoms with Gasteiger partial charge >= 0.3 is 0 Å². The molecule has 0 spiro atoms. The number of pyridine rings is 1. The van der Waals surface area contributed by atoms with Crippen molar-refractivity contribution in [3.8, 4) is 5.88 Å². The largest absolute Gasteiger partial charge is 0.476 e. The SMILES string of the molecule is CCCOc1nc(N(CCOC)C2CC2)ccc1N. The Morgan fingerprint density at radius 3 is 2.79 bits per heavy atom. The number of rotatable bonds is 8. The molecule has 1 saturated carbocycles. The van der Waals surface area contributed by atoms with Gasteiger partial charge in [-0.3, -0.25) is 0 Å². The summed E-state index contributed by atoms with van der Waals surface area (Å²) in [5.74, 6) is 1.47. The van der Waals surface area contributed by atoms with Crippen LogP contribution in [-0.4, -0.2) is 37.9 Å². The van der Waals surface area contributed by atoms with Crippen molar-refractivity contribution in [2.45, 2.75) is 32.2 Å². The van der Waals surface area contributed by atoms with Gasteiger partial charge in [-0.05, 0) is 31.4 Å². The Hall–Kier alpha value is -1.49. The molecule has 19 heavy (non-hydrogen) atoms. The van der Waals surface area contributed by atoms with Crippen molar-refractivity contribution in [3.05, 3.63) is 12.1 Å². The van der Waals surface area contributed by atoms with Gasteiger partial charge < -0.3 is 20.1 Å². The Morgan fingerprint density at radius 2 is 2.16 bits per heavy atom. The number of aromatic nitrogens is 1. The van der Waals surface area contributed by atoms with Gasteiger partial charge in [0, 0.05) is 19.7 Å². The zero-order valence-electron chi connectivity index (χ0n) is 11.8. The fourth-order valence-electron chi connectivity index (χ4n) is 1.98. The van der Waals surface area contributed by atoms with Crippen molar-refractivity contribution < 1.29 is 9.47 Å². The molecule has 1 aliphatic rings. The smallest absolute Gasteiger partial charge is 0.239 e. The van der Waals surface area contributed by atoms with E-state index in [-0.39, 0.29) is 0 Å².